The summed E-state index contributed by atoms with van der Waals surface area (Å²) < 4.78 is 4.88. The van der Waals surface area contributed by atoms with Gasteiger partial charge in [0.25, 0.3) is 0 Å². The molecule has 1 saturated heterocycles. The highest BCUT2D eigenvalue weighted by atomic mass is 16.5. The van der Waals surface area contributed by atoms with Crippen molar-refractivity contribution in [2.24, 2.45) is 16.9 Å². The number of anilines is 1. The molecule has 0 aromatic heterocycles. The van der Waals surface area contributed by atoms with E-state index in [1.165, 1.54) is 6.21 Å². The lowest BCUT2D eigenvalue weighted by Gasteiger charge is -2.32. The molecule has 2 atom stereocenters. The molecule has 1 fully saturated rings. The van der Waals surface area contributed by atoms with Crippen LogP contribution in [-0.4, -0.2) is 43.2 Å². The Balaban J connectivity index is 1.92. The number of rotatable bonds is 8. The highest BCUT2D eigenvalue weighted by molar-refractivity contribution is 5.98. The number of ether oxygens (including phenoxy) is 1. The van der Waals surface area contributed by atoms with Gasteiger partial charge in [-0.2, -0.15) is 5.10 Å². The van der Waals surface area contributed by atoms with Crippen LogP contribution in [0, 0.1) is 5.92 Å². The average molecular weight is 388 g/mol. The molecule has 28 heavy (non-hydrogen) atoms. The molecular weight excluding hydrogens is 360 g/mol. The second kappa shape index (κ2) is 10.4. The number of piperidine rings is 1. The maximum absolute atomic E-state index is 12.8. The molecule has 8 heteroatoms. The Morgan fingerprint density at radius 2 is 2.11 bits per heavy atom. The minimum absolute atomic E-state index is 0.0558. The van der Waals surface area contributed by atoms with Crippen LogP contribution in [0.3, 0.4) is 0 Å². The normalized spacial score (nSPS) is 18.1. The third-order valence-corrected chi connectivity index (χ3v) is 4.60. The molecule has 1 unspecified atom stereocenters. The van der Waals surface area contributed by atoms with Crippen LogP contribution in [0.5, 0.6) is 0 Å². The average Bonchev–Trinajstić information content (AvgIpc) is 2.64. The summed E-state index contributed by atoms with van der Waals surface area (Å²) in [6.07, 6.45) is 3.26. The number of carbonyl (C=O) groups excluding carboxylic acids is 3. The third-order valence-electron chi connectivity index (χ3n) is 4.60. The number of hydrogen-bond donors (Lipinski definition) is 2. The minimum atomic E-state index is -0.367. The zero-order valence-electron chi connectivity index (χ0n) is 16.4. The van der Waals surface area contributed by atoms with Crippen molar-refractivity contribution in [3.8, 4) is 0 Å². The van der Waals surface area contributed by atoms with Crippen LogP contribution < -0.4 is 16.1 Å². The highest BCUT2D eigenvalue weighted by Gasteiger charge is 2.31. The molecule has 0 saturated carbocycles. The number of esters is 1. The smallest absolute Gasteiger partial charge is 0.307 e. The summed E-state index contributed by atoms with van der Waals surface area (Å²) in [4.78, 5) is 38.4. The molecule has 8 nitrogen and oxygen atoms in total. The fraction of sp³-hybridized carbons (Fsp3) is 0.500. The van der Waals surface area contributed by atoms with Crippen LogP contribution in [0.2, 0.25) is 0 Å². The molecule has 2 rings (SSSR count). The maximum atomic E-state index is 12.8. The second-order valence-electron chi connectivity index (χ2n) is 6.88. The summed E-state index contributed by atoms with van der Waals surface area (Å²) in [5.74, 6) is 4.14. The Morgan fingerprint density at radius 3 is 2.75 bits per heavy atom. The van der Waals surface area contributed by atoms with Gasteiger partial charge >= 0.3 is 5.97 Å². The predicted molar refractivity (Wildman–Crippen MR) is 107 cm³/mol. The summed E-state index contributed by atoms with van der Waals surface area (Å²) >= 11 is 0. The van der Waals surface area contributed by atoms with E-state index in [-0.39, 0.29) is 42.6 Å². The molecule has 1 aliphatic rings. The van der Waals surface area contributed by atoms with E-state index in [0.717, 1.165) is 17.7 Å². The molecule has 1 heterocycles. The van der Waals surface area contributed by atoms with Crippen LogP contribution in [0.15, 0.2) is 29.4 Å². The molecular formula is C20H28N4O4. The van der Waals surface area contributed by atoms with Crippen LogP contribution in [0.25, 0.3) is 0 Å². The van der Waals surface area contributed by atoms with Crippen LogP contribution >= 0.6 is 0 Å². The van der Waals surface area contributed by atoms with Crippen molar-refractivity contribution >= 4 is 29.7 Å². The number of hydrogen-bond acceptors (Lipinski definition) is 6. The summed E-state index contributed by atoms with van der Waals surface area (Å²) in [6, 6.07) is 7.04. The monoisotopic (exact) mass is 388 g/mol. The van der Waals surface area contributed by atoms with Crippen molar-refractivity contribution in [2.45, 2.75) is 45.6 Å². The highest BCUT2D eigenvalue weighted by Crippen LogP contribution is 2.26. The van der Waals surface area contributed by atoms with Crippen LogP contribution in [-0.2, 0) is 19.1 Å². The van der Waals surface area contributed by atoms with Gasteiger partial charge in [-0.05, 0) is 44.4 Å². The van der Waals surface area contributed by atoms with Gasteiger partial charge in [0.1, 0.15) is 0 Å². The van der Waals surface area contributed by atoms with E-state index in [2.05, 4.69) is 10.4 Å². The molecule has 0 spiro atoms. The molecule has 1 aromatic rings. The summed E-state index contributed by atoms with van der Waals surface area (Å²) in [5, 5.41) is 6.26. The van der Waals surface area contributed by atoms with Gasteiger partial charge in [0.15, 0.2) is 0 Å². The maximum Gasteiger partial charge on any atom is 0.307 e. The fourth-order valence-corrected chi connectivity index (χ4v) is 3.30. The lowest BCUT2D eigenvalue weighted by molar-refractivity contribution is -0.143. The standard InChI is InChI=1S/C20H28N4O4/c1-3-28-19(26)11-14(2)23-18(25)12-16-5-4-10-24(20(16)27)17-8-6-15(7-9-17)13-22-21/h6-9,13-14,16H,3-5,10-12,21H2,1-2H3,(H,23,25)/t14-,16?/m0/s1. The van der Waals surface area contributed by atoms with Gasteiger partial charge in [-0.1, -0.05) is 12.1 Å². The van der Waals surface area contributed by atoms with Crippen molar-refractivity contribution < 1.29 is 19.1 Å². The minimum Gasteiger partial charge on any atom is -0.466 e. The number of amides is 2. The number of hydrazone groups is 1. The molecule has 1 aromatic carbocycles. The van der Waals surface area contributed by atoms with Gasteiger partial charge in [0.2, 0.25) is 11.8 Å². The van der Waals surface area contributed by atoms with Gasteiger partial charge in [-0.15, -0.1) is 0 Å². The number of benzene rings is 1. The van der Waals surface area contributed by atoms with Crippen molar-refractivity contribution in [1.82, 2.24) is 5.32 Å². The summed E-state index contributed by atoms with van der Waals surface area (Å²) in [7, 11) is 0. The lowest BCUT2D eigenvalue weighted by Crippen LogP contribution is -2.44. The Morgan fingerprint density at radius 1 is 1.39 bits per heavy atom. The van der Waals surface area contributed by atoms with E-state index in [1.54, 1.807) is 18.7 Å². The quantitative estimate of drug-likeness (QED) is 0.304. The van der Waals surface area contributed by atoms with Crippen molar-refractivity contribution in [2.75, 3.05) is 18.1 Å². The van der Waals surface area contributed by atoms with E-state index in [0.29, 0.717) is 19.6 Å². The van der Waals surface area contributed by atoms with Gasteiger partial charge < -0.3 is 20.8 Å². The summed E-state index contributed by atoms with van der Waals surface area (Å²) in [6.45, 7) is 4.42. The first-order valence-corrected chi connectivity index (χ1v) is 9.54. The molecule has 0 aliphatic carbocycles. The summed E-state index contributed by atoms with van der Waals surface area (Å²) in [5.41, 5.74) is 1.64. The first-order valence-electron chi connectivity index (χ1n) is 9.54. The first-order chi connectivity index (χ1) is 13.4. The molecule has 152 valence electrons. The van der Waals surface area contributed by atoms with E-state index < -0.39 is 0 Å². The Labute approximate surface area is 165 Å². The molecule has 0 radical (unpaired) electrons. The van der Waals surface area contributed by atoms with Crippen molar-refractivity contribution in [3.05, 3.63) is 29.8 Å². The van der Waals surface area contributed by atoms with Gasteiger partial charge in [0, 0.05) is 30.6 Å². The van der Waals surface area contributed by atoms with Crippen molar-refractivity contribution in [1.29, 1.82) is 0 Å². The van der Waals surface area contributed by atoms with Gasteiger partial charge in [-0.3, -0.25) is 14.4 Å². The third kappa shape index (κ3) is 6.07. The van der Waals surface area contributed by atoms with E-state index in [1.807, 2.05) is 24.3 Å². The fourth-order valence-electron chi connectivity index (χ4n) is 3.30. The number of nitrogens with zero attached hydrogens (tertiary/aromatic N) is 2. The van der Waals surface area contributed by atoms with Crippen molar-refractivity contribution in [3.63, 3.8) is 0 Å². The predicted octanol–water partition coefficient (Wildman–Crippen LogP) is 1.57. The van der Waals surface area contributed by atoms with E-state index >= 15 is 0 Å². The second-order valence-corrected chi connectivity index (χ2v) is 6.88. The van der Waals surface area contributed by atoms with Crippen LogP contribution in [0.4, 0.5) is 5.69 Å². The van der Waals surface area contributed by atoms with Gasteiger partial charge in [-0.25, -0.2) is 0 Å². The van der Waals surface area contributed by atoms with Crippen LogP contribution in [0.1, 0.15) is 45.1 Å². The zero-order chi connectivity index (χ0) is 20.5. The SMILES string of the molecule is CCOC(=O)C[C@H](C)NC(=O)CC1CCCN(c2ccc(C=NN)cc2)C1=O. The van der Waals surface area contributed by atoms with E-state index in [4.69, 9.17) is 10.6 Å². The largest absolute Gasteiger partial charge is 0.466 e. The Bertz CT molecular complexity index is 717. The number of carbonyl (C=O) groups is 3. The number of nitrogens with one attached hydrogen (secondary N) is 1. The number of nitrogens with two attached hydrogens (primary N) is 1. The topological polar surface area (TPSA) is 114 Å². The molecule has 1 aliphatic heterocycles. The lowest BCUT2D eigenvalue weighted by atomic mass is 9.92. The Kier molecular flexibility index (Phi) is 7.98. The molecule has 0 bridgehead atoms. The molecule has 2 amide bonds. The Hall–Kier alpha value is -2.90. The molecule has 3 N–H and O–H groups in total. The van der Waals surface area contributed by atoms with Gasteiger partial charge in [0.05, 0.1) is 19.2 Å². The zero-order valence-corrected chi connectivity index (χ0v) is 16.4. The van der Waals surface area contributed by atoms with E-state index in [9.17, 15) is 14.4 Å². The first kappa shape index (κ1) is 21.4.